The summed E-state index contributed by atoms with van der Waals surface area (Å²) in [4.78, 5) is 13.5. The molecule has 1 aliphatic heterocycles. The first kappa shape index (κ1) is 11.0. The molecule has 0 aromatic heterocycles. The molecule has 78 valence electrons. The van der Waals surface area contributed by atoms with Crippen LogP contribution >= 0.6 is 0 Å². The van der Waals surface area contributed by atoms with Crippen molar-refractivity contribution in [3.05, 3.63) is 0 Å². The van der Waals surface area contributed by atoms with Crippen molar-refractivity contribution >= 4 is 5.97 Å². The summed E-state index contributed by atoms with van der Waals surface area (Å²) in [7, 11) is 1.36. The maximum absolute atomic E-state index is 11.5. The van der Waals surface area contributed by atoms with Crippen molar-refractivity contribution < 1.29 is 9.53 Å². The minimum absolute atomic E-state index is 0.0922. The number of nitrogens with zero attached hydrogens (tertiary/aromatic N) is 2. The summed E-state index contributed by atoms with van der Waals surface area (Å²) in [5, 5.41) is 8.69. The van der Waals surface area contributed by atoms with Crippen LogP contribution in [0, 0.1) is 11.3 Å². The molecule has 2 atom stereocenters. The van der Waals surface area contributed by atoms with E-state index in [0.29, 0.717) is 6.54 Å². The van der Waals surface area contributed by atoms with E-state index in [9.17, 15) is 4.79 Å². The predicted octanol–water partition coefficient (Wildman–Crippen LogP) is 0.926. The number of esters is 1. The van der Waals surface area contributed by atoms with E-state index in [1.54, 1.807) is 0 Å². The first-order valence-corrected chi connectivity index (χ1v) is 4.61. The van der Waals surface area contributed by atoms with E-state index in [1.807, 2.05) is 31.7 Å². The van der Waals surface area contributed by atoms with Crippen LogP contribution in [-0.2, 0) is 9.53 Å². The van der Waals surface area contributed by atoms with Gasteiger partial charge in [-0.2, -0.15) is 5.26 Å². The maximum atomic E-state index is 11.5. The van der Waals surface area contributed by atoms with E-state index in [-0.39, 0.29) is 17.9 Å². The highest BCUT2D eigenvalue weighted by molar-refractivity contribution is 5.85. The molecule has 0 aliphatic carbocycles. The number of rotatable bonds is 2. The molecule has 14 heavy (non-hydrogen) atoms. The van der Waals surface area contributed by atoms with Crippen molar-refractivity contribution in [3.63, 3.8) is 0 Å². The van der Waals surface area contributed by atoms with Gasteiger partial charge < -0.3 is 4.74 Å². The second-order valence-electron chi connectivity index (χ2n) is 4.62. The van der Waals surface area contributed by atoms with E-state index < -0.39 is 5.54 Å². The van der Waals surface area contributed by atoms with Crippen molar-refractivity contribution in [1.29, 1.82) is 5.26 Å². The fraction of sp³-hybridized carbons (Fsp3) is 0.800. The molecule has 1 fully saturated rings. The van der Waals surface area contributed by atoms with E-state index in [4.69, 9.17) is 10.00 Å². The summed E-state index contributed by atoms with van der Waals surface area (Å²) in [6.45, 7) is 6.69. The quantitative estimate of drug-likeness (QED) is 0.487. The van der Waals surface area contributed by atoms with E-state index in [0.717, 1.165) is 0 Å². The number of nitriles is 1. The molecule has 0 saturated carbocycles. The lowest BCUT2D eigenvalue weighted by Crippen LogP contribution is -2.38. The first-order valence-electron chi connectivity index (χ1n) is 4.61. The van der Waals surface area contributed by atoms with Crippen LogP contribution in [0.1, 0.15) is 27.2 Å². The Kier molecular flexibility index (Phi) is 2.55. The molecule has 4 heteroatoms. The van der Waals surface area contributed by atoms with E-state index in [2.05, 4.69) is 0 Å². The lowest BCUT2D eigenvalue weighted by Gasteiger charge is -2.24. The number of methoxy groups -OCH3 is 1. The molecule has 0 bridgehead atoms. The Morgan fingerprint density at radius 1 is 1.64 bits per heavy atom. The molecular weight excluding hydrogens is 180 g/mol. The number of carbonyl (C=O) groups excluding carboxylic acids is 1. The summed E-state index contributed by atoms with van der Waals surface area (Å²) in [6, 6.07) is 2.05. The monoisotopic (exact) mass is 196 g/mol. The molecule has 4 nitrogen and oxygen atoms in total. The average molecular weight is 196 g/mol. The minimum Gasteiger partial charge on any atom is -0.468 e. The van der Waals surface area contributed by atoms with Gasteiger partial charge in [0.05, 0.1) is 19.6 Å². The maximum Gasteiger partial charge on any atom is 0.328 e. The van der Waals surface area contributed by atoms with Gasteiger partial charge in [-0.15, -0.1) is 0 Å². The van der Waals surface area contributed by atoms with Crippen molar-refractivity contribution in [2.24, 2.45) is 0 Å². The van der Waals surface area contributed by atoms with Gasteiger partial charge in [0.15, 0.2) is 0 Å². The molecule has 0 spiro atoms. The van der Waals surface area contributed by atoms with Crippen LogP contribution in [0.15, 0.2) is 0 Å². The van der Waals surface area contributed by atoms with Gasteiger partial charge in [-0.25, -0.2) is 4.79 Å². The lowest BCUT2D eigenvalue weighted by molar-refractivity contribution is -0.145. The van der Waals surface area contributed by atoms with Crippen molar-refractivity contribution in [2.75, 3.05) is 13.7 Å². The second-order valence-corrected chi connectivity index (χ2v) is 4.62. The fourth-order valence-electron chi connectivity index (χ4n) is 1.82. The molecule has 1 heterocycles. The number of carbonyl (C=O) groups is 1. The standard InChI is InChI=1S/C10H16N2O2/c1-9(2,3)12-7-10(12,5-6-11)8(13)14-4/h5,7H2,1-4H3. The van der Waals surface area contributed by atoms with Crippen LogP contribution in [0.2, 0.25) is 0 Å². The van der Waals surface area contributed by atoms with Gasteiger partial charge >= 0.3 is 5.97 Å². The molecule has 0 N–H and O–H groups in total. The Morgan fingerprint density at radius 2 is 2.21 bits per heavy atom. The molecule has 1 aliphatic rings. The lowest BCUT2D eigenvalue weighted by atomic mass is 10.0. The highest BCUT2D eigenvalue weighted by Gasteiger charge is 2.62. The zero-order chi connectivity index (χ0) is 11.0. The number of ether oxygens (including phenoxy) is 1. The zero-order valence-electron chi connectivity index (χ0n) is 9.13. The third-order valence-corrected chi connectivity index (χ3v) is 2.58. The van der Waals surface area contributed by atoms with Gasteiger partial charge in [-0.1, -0.05) is 0 Å². The Morgan fingerprint density at radius 3 is 2.50 bits per heavy atom. The van der Waals surface area contributed by atoms with Gasteiger partial charge in [0.1, 0.15) is 5.54 Å². The summed E-state index contributed by atoms with van der Waals surface area (Å²) < 4.78 is 4.72. The minimum atomic E-state index is -0.679. The Labute approximate surface area is 84.4 Å². The Balaban J connectivity index is 2.82. The molecular formula is C10H16N2O2. The van der Waals surface area contributed by atoms with Crippen LogP contribution in [0.5, 0.6) is 0 Å². The molecule has 0 aromatic rings. The highest BCUT2D eigenvalue weighted by Crippen LogP contribution is 2.42. The van der Waals surface area contributed by atoms with Crippen molar-refractivity contribution in [1.82, 2.24) is 4.90 Å². The smallest absolute Gasteiger partial charge is 0.328 e. The van der Waals surface area contributed by atoms with E-state index >= 15 is 0 Å². The third-order valence-electron chi connectivity index (χ3n) is 2.58. The second kappa shape index (κ2) is 3.25. The third kappa shape index (κ3) is 1.60. The first-order chi connectivity index (χ1) is 6.38. The summed E-state index contributed by atoms with van der Waals surface area (Å²) in [6.07, 6.45) is 0.205. The average Bonchev–Trinajstić information content (AvgIpc) is 2.79. The van der Waals surface area contributed by atoms with Crippen molar-refractivity contribution in [3.8, 4) is 6.07 Å². The molecule has 0 amide bonds. The van der Waals surface area contributed by atoms with Crippen LogP contribution in [-0.4, -0.2) is 35.6 Å². The van der Waals surface area contributed by atoms with E-state index in [1.165, 1.54) is 7.11 Å². The Hall–Kier alpha value is -1.08. The SMILES string of the molecule is COC(=O)C1(CC#N)CN1C(C)(C)C. The van der Waals surface area contributed by atoms with Gasteiger partial charge in [0.25, 0.3) is 0 Å². The van der Waals surface area contributed by atoms with Crippen LogP contribution < -0.4 is 0 Å². The summed E-state index contributed by atoms with van der Waals surface area (Å²) in [5.41, 5.74) is -0.771. The number of hydrogen-bond donors (Lipinski definition) is 0. The van der Waals surface area contributed by atoms with Crippen LogP contribution in [0.25, 0.3) is 0 Å². The molecule has 0 aromatic carbocycles. The fourth-order valence-corrected chi connectivity index (χ4v) is 1.82. The van der Waals surface area contributed by atoms with Gasteiger partial charge in [0.2, 0.25) is 0 Å². The largest absolute Gasteiger partial charge is 0.468 e. The van der Waals surface area contributed by atoms with Crippen LogP contribution in [0.4, 0.5) is 0 Å². The summed E-state index contributed by atoms with van der Waals surface area (Å²) >= 11 is 0. The molecule has 1 saturated heterocycles. The normalized spacial score (nSPS) is 30.6. The molecule has 1 rings (SSSR count). The topological polar surface area (TPSA) is 53.1 Å². The predicted molar refractivity (Wildman–Crippen MR) is 51.4 cm³/mol. The molecule has 2 unspecified atom stereocenters. The van der Waals surface area contributed by atoms with Crippen LogP contribution in [0.3, 0.4) is 0 Å². The van der Waals surface area contributed by atoms with Crippen molar-refractivity contribution in [2.45, 2.75) is 38.3 Å². The zero-order valence-corrected chi connectivity index (χ0v) is 9.13. The number of hydrogen-bond acceptors (Lipinski definition) is 4. The molecule has 0 radical (unpaired) electrons. The Bertz CT molecular complexity index is 287. The van der Waals surface area contributed by atoms with Gasteiger partial charge in [0, 0.05) is 12.1 Å². The highest BCUT2D eigenvalue weighted by atomic mass is 16.5. The van der Waals surface area contributed by atoms with Gasteiger partial charge in [-0.3, -0.25) is 4.90 Å². The summed E-state index contributed by atoms with van der Waals surface area (Å²) in [5.74, 6) is -0.297. The van der Waals surface area contributed by atoms with Gasteiger partial charge in [-0.05, 0) is 20.8 Å².